The van der Waals surface area contributed by atoms with Crippen LogP contribution in [0.2, 0.25) is 5.02 Å². The van der Waals surface area contributed by atoms with Crippen molar-refractivity contribution in [3.05, 3.63) is 77.2 Å². The number of carbonyl (C=O) groups is 2. The Morgan fingerprint density at radius 2 is 1.96 bits per heavy atom. The molecule has 0 unspecified atom stereocenters. The Kier molecular flexibility index (Phi) is 5.78. The van der Waals surface area contributed by atoms with E-state index < -0.39 is 24.3 Å². The van der Waals surface area contributed by atoms with E-state index in [4.69, 9.17) is 16.3 Å². The number of esters is 1. The van der Waals surface area contributed by atoms with Crippen molar-refractivity contribution in [1.82, 2.24) is 4.98 Å². The second kappa shape index (κ2) is 8.42. The molecule has 0 fully saturated rings. The van der Waals surface area contributed by atoms with Gasteiger partial charge in [-0.25, -0.2) is 14.2 Å². The molecule has 27 heavy (non-hydrogen) atoms. The second-order valence-electron chi connectivity index (χ2n) is 5.54. The lowest BCUT2D eigenvalue weighted by Crippen LogP contribution is -2.20. The molecule has 1 N–H and O–H groups in total. The number of anilines is 1. The number of ether oxygens (including phenoxy) is 1. The molecule has 2 aromatic carbocycles. The van der Waals surface area contributed by atoms with Gasteiger partial charge in [-0.1, -0.05) is 35.9 Å². The molecule has 0 spiro atoms. The highest BCUT2D eigenvalue weighted by Crippen LogP contribution is 2.19. The predicted molar refractivity (Wildman–Crippen MR) is 102 cm³/mol. The first-order valence-electron chi connectivity index (χ1n) is 7.97. The SMILES string of the molecule is O=C(COC(=O)/C=C/c1ccc2ccccc2n1)Nc1cc(Cl)ccc1F. The minimum Gasteiger partial charge on any atom is -0.452 e. The Morgan fingerprint density at radius 3 is 2.81 bits per heavy atom. The molecule has 3 aromatic rings. The largest absolute Gasteiger partial charge is 0.452 e. The third kappa shape index (κ3) is 5.12. The molecule has 0 saturated carbocycles. The molecule has 0 aliphatic rings. The number of para-hydroxylation sites is 1. The van der Waals surface area contributed by atoms with Crippen molar-refractivity contribution in [2.24, 2.45) is 0 Å². The summed E-state index contributed by atoms with van der Waals surface area (Å²) >= 11 is 5.75. The Balaban J connectivity index is 1.54. The van der Waals surface area contributed by atoms with E-state index in [1.54, 1.807) is 6.07 Å². The number of fused-ring (bicyclic) bond motifs is 1. The van der Waals surface area contributed by atoms with E-state index in [2.05, 4.69) is 10.3 Å². The van der Waals surface area contributed by atoms with E-state index in [-0.39, 0.29) is 10.7 Å². The van der Waals surface area contributed by atoms with Gasteiger partial charge in [-0.05, 0) is 36.4 Å². The number of hydrogen-bond acceptors (Lipinski definition) is 4. The molecule has 0 aliphatic carbocycles. The van der Waals surface area contributed by atoms with E-state index in [9.17, 15) is 14.0 Å². The fourth-order valence-corrected chi connectivity index (χ4v) is 2.46. The molecule has 5 nitrogen and oxygen atoms in total. The van der Waals surface area contributed by atoms with Gasteiger partial charge in [-0.3, -0.25) is 4.79 Å². The van der Waals surface area contributed by atoms with E-state index >= 15 is 0 Å². The standard InChI is InChI=1S/C20H14ClFN2O3/c21-14-6-9-16(22)18(11-14)24-19(25)12-27-20(26)10-8-15-7-5-13-3-1-2-4-17(13)23-15/h1-11H,12H2,(H,24,25)/b10-8+. The lowest BCUT2D eigenvalue weighted by Gasteiger charge is -2.06. The van der Waals surface area contributed by atoms with Crippen molar-refractivity contribution in [3.8, 4) is 0 Å². The molecule has 1 amide bonds. The van der Waals surface area contributed by atoms with Crippen LogP contribution in [0.5, 0.6) is 0 Å². The maximum atomic E-state index is 13.5. The van der Waals surface area contributed by atoms with Crippen LogP contribution in [0.1, 0.15) is 5.69 Å². The average Bonchev–Trinajstić information content (AvgIpc) is 2.67. The van der Waals surface area contributed by atoms with Gasteiger partial charge >= 0.3 is 5.97 Å². The van der Waals surface area contributed by atoms with E-state index in [0.29, 0.717) is 5.69 Å². The normalized spacial score (nSPS) is 10.9. The van der Waals surface area contributed by atoms with Gasteiger partial charge in [0.2, 0.25) is 0 Å². The fraction of sp³-hybridized carbons (Fsp3) is 0.0500. The van der Waals surface area contributed by atoms with Gasteiger partial charge in [0.15, 0.2) is 6.61 Å². The van der Waals surface area contributed by atoms with E-state index in [1.165, 1.54) is 24.3 Å². The molecular formula is C20H14ClFN2O3. The number of carbonyl (C=O) groups excluding carboxylic acids is 2. The highest BCUT2D eigenvalue weighted by molar-refractivity contribution is 6.30. The summed E-state index contributed by atoms with van der Waals surface area (Å²) in [7, 11) is 0. The summed E-state index contributed by atoms with van der Waals surface area (Å²) in [6.45, 7) is -0.555. The minimum absolute atomic E-state index is 0.0838. The molecule has 0 atom stereocenters. The lowest BCUT2D eigenvalue weighted by molar-refractivity contribution is -0.142. The van der Waals surface area contributed by atoms with Crippen LogP contribution in [0.3, 0.4) is 0 Å². The van der Waals surface area contributed by atoms with Gasteiger partial charge in [-0.15, -0.1) is 0 Å². The van der Waals surface area contributed by atoms with Gasteiger partial charge in [0.25, 0.3) is 5.91 Å². The van der Waals surface area contributed by atoms with Gasteiger partial charge in [0.1, 0.15) is 5.82 Å². The summed E-state index contributed by atoms with van der Waals surface area (Å²) in [5, 5.41) is 3.55. The maximum absolute atomic E-state index is 13.5. The zero-order valence-electron chi connectivity index (χ0n) is 14.0. The summed E-state index contributed by atoms with van der Waals surface area (Å²) < 4.78 is 18.4. The molecule has 0 saturated heterocycles. The Bertz CT molecular complexity index is 1040. The fourth-order valence-electron chi connectivity index (χ4n) is 2.29. The molecule has 0 aliphatic heterocycles. The number of benzene rings is 2. The second-order valence-corrected chi connectivity index (χ2v) is 5.98. The van der Waals surface area contributed by atoms with E-state index in [0.717, 1.165) is 17.0 Å². The number of nitrogens with one attached hydrogen (secondary N) is 1. The van der Waals surface area contributed by atoms with E-state index in [1.807, 2.05) is 30.3 Å². The Morgan fingerprint density at radius 1 is 1.15 bits per heavy atom. The van der Waals surface area contributed by atoms with Crippen LogP contribution in [0.4, 0.5) is 10.1 Å². The number of nitrogens with zero attached hydrogens (tertiary/aromatic N) is 1. The summed E-state index contributed by atoms with van der Waals surface area (Å²) in [5.41, 5.74) is 1.30. The first-order chi connectivity index (χ1) is 13.0. The molecule has 1 heterocycles. The zero-order chi connectivity index (χ0) is 19.2. The summed E-state index contributed by atoms with van der Waals surface area (Å²) in [5.74, 6) is -2.03. The highest BCUT2D eigenvalue weighted by Gasteiger charge is 2.09. The van der Waals surface area contributed by atoms with Crippen LogP contribution in [0, 0.1) is 5.82 Å². The van der Waals surface area contributed by atoms with Crippen molar-refractivity contribution in [2.75, 3.05) is 11.9 Å². The summed E-state index contributed by atoms with van der Waals surface area (Å²) in [6.07, 6.45) is 2.66. The smallest absolute Gasteiger partial charge is 0.331 e. The molecule has 0 radical (unpaired) electrons. The van der Waals surface area contributed by atoms with Crippen molar-refractivity contribution in [1.29, 1.82) is 0 Å². The molecule has 0 bridgehead atoms. The summed E-state index contributed by atoms with van der Waals surface area (Å²) in [4.78, 5) is 27.9. The van der Waals surface area contributed by atoms with Gasteiger partial charge < -0.3 is 10.1 Å². The molecule has 136 valence electrons. The van der Waals surface area contributed by atoms with Crippen LogP contribution in [-0.4, -0.2) is 23.5 Å². The number of hydrogen-bond donors (Lipinski definition) is 1. The van der Waals surface area contributed by atoms with Gasteiger partial charge in [0.05, 0.1) is 16.9 Å². The molecular weight excluding hydrogens is 371 g/mol. The van der Waals surface area contributed by atoms with Crippen molar-refractivity contribution in [2.45, 2.75) is 0 Å². The highest BCUT2D eigenvalue weighted by atomic mass is 35.5. The number of amides is 1. The minimum atomic E-state index is -0.716. The number of rotatable bonds is 5. The molecule has 1 aromatic heterocycles. The number of pyridine rings is 1. The Hall–Kier alpha value is -3.25. The van der Waals surface area contributed by atoms with Crippen LogP contribution < -0.4 is 5.32 Å². The van der Waals surface area contributed by atoms with Crippen molar-refractivity contribution in [3.63, 3.8) is 0 Å². The topological polar surface area (TPSA) is 68.3 Å². The average molecular weight is 385 g/mol. The first-order valence-corrected chi connectivity index (χ1v) is 8.34. The van der Waals surface area contributed by atoms with Gasteiger partial charge in [-0.2, -0.15) is 0 Å². The van der Waals surface area contributed by atoms with Crippen molar-refractivity contribution >= 4 is 46.1 Å². The third-order valence-corrected chi connectivity index (χ3v) is 3.79. The zero-order valence-corrected chi connectivity index (χ0v) is 14.7. The predicted octanol–water partition coefficient (Wildman–Crippen LogP) is 4.22. The van der Waals surface area contributed by atoms with Crippen LogP contribution in [-0.2, 0) is 14.3 Å². The van der Waals surface area contributed by atoms with Crippen LogP contribution in [0.25, 0.3) is 17.0 Å². The molecule has 3 rings (SSSR count). The lowest BCUT2D eigenvalue weighted by atomic mass is 10.2. The number of halogens is 2. The summed E-state index contributed by atoms with van der Waals surface area (Å²) in [6, 6.07) is 15.0. The first kappa shape index (κ1) is 18.5. The number of aromatic nitrogens is 1. The van der Waals surface area contributed by atoms with Crippen LogP contribution in [0.15, 0.2) is 60.7 Å². The monoisotopic (exact) mass is 384 g/mol. The van der Waals surface area contributed by atoms with Gasteiger partial charge in [0, 0.05) is 16.5 Å². The molecule has 7 heteroatoms. The Labute approximate surface area is 159 Å². The quantitative estimate of drug-likeness (QED) is 0.528. The maximum Gasteiger partial charge on any atom is 0.331 e. The van der Waals surface area contributed by atoms with Crippen LogP contribution >= 0.6 is 11.6 Å². The third-order valence-electron chi connectivity index (χ3n) is 3.56. The van der Waals surface area contributed by atoms with Crippen molar-refractivity contribution < 1.29 is 18.7 Å².